The van der Waals surface area contributed by atoms with Crippen LogP contribution in [0.15, 0.2) is 42.6 Å². The lowest BCUT2D eigenvalue weighted by Crippen LogP contribution is -2.33. The number of halogens is 2. The number of nitrogens with one attached hydrogen (secondary N) is 2. The second-order valence-corrected chi connectivity index (χ2v) is 6.07. The molecule has 8 heteroatoms. The number of benzene rings is 1. The molecule has 0 bridgehead atoms. The Morgan fingerprint density at radius 1 is 1.11 bits per heavy atom. The van der Waals surface area contributed by atoms with Gasteiger partial charge in [-0.25, -0.2) is 13.8 Å². The van der Waals surface area contributed by atoms with Gasteiger partial charge in [0.05, 0.1) is 5.52 Å². The van der Waals surface area contributed by atoms with Gasteiger partial charge < -0.3 is 10.6 Å². The lowest BCUT2D eigenvalue weighted by molar-refractivity contribution is 0.0928. The lowest BCUT2D eigenvalue weighted by atomic mass is 10.2. The number of pyridine rings is 1. The Bertz CT molecular complexity index is 996. The van der Waals surface area contributed by atoms with E-state index >= 15 is 0 Å². The van der Waals surface area contributed by atoms with Crippen molar-refractivity contribution in [2.45, 2.75) is 26.3 Å². The molecule has 6 nitrogen and oxygen atoms in total. The second-order valence-electron chi connectivity index (χ2n) is 6.07. The number of carbonyl (C=O) groups excluding carboxylic acids is 2. The fraction of sp³-hybridized carbons (Fsp3) is 0.211. The number of carbonyl (C=O) groups is 2. The number of para-hydroxylation sites is 1. The van der Waals surface area contributed by atoms with Crippen molar-refractivity contribution in [3.8, 4) is 0 Å². The van der Waals surface area contributed by atoms with Crippen molar-refractivity contribution in [3.05, 3.63) is 65.7 Å². The number of aromatic nitrogens is 2. The Kier molecular flexibility index (Phi) is 5.16. The van der Waals surface area contributed by atoms with E-state index in [0.717, 1.165) is 18.6 Å². The minimum absolute atomic E-state index is 0.0186. The Morgan fingerprint density at radius 3 is 2.48 bits per heavy atom. The molecule has 2 N–H and O–H groups in total. The van der Waals surface area contributed by atoms with Crippen LogP contribution in [0.4, 0.5) is 14.5 Å². The Morgan fingerprint density at radius 2 is 1.81 bits per heavy atom. The highest BCUT2D eigenvalue weighted by atomic mass is 19.1. The van der Waals surface area contributed by atoms with Crippen LogP contribution < -0.4 is 10.6 Å². The first-order valence-corrected chi connectivity index (χ1v) is 8.45. The van der Waals surface area contributed by atoms with Gasteiger partial charge in [-0.05, 0) is 37.6 Å². The third-order valence-corrected chi connectivity index (χ3v) is 4.16. The molecule has 2 aromatic heterocycles. The summed E-state index contributed by atoms with van der Waals surface area (Å²) in [5, 5.41) is 4.98. The van der Waals surface area contributed by atoms with Crippen molar-refractivity contribution in [1.29, 1.82) is 0 Å². The van der Waals surface area contributed by atoms with Crippen molar-refractivity contribution in [1.82, 2.24) is 14.7 Å². The van der Waals surface area contributed by atoms with Gasteiger partial charge in [-0.2, -0.15) is 0 Å². The van der Waals surface area contributed by atoms with E-state index in [9.17, 15) is 18.4 Å². The topological polar surface area (TPSA) is 75.5 Å². The summed E-state index contributed by atoms with van der Waals surface area (Å²) < 4.78 is 29.1. The number of anilines is 1. The Hall–Kier alpha value is -3.29. The van der Waals surface area contributed by atoms with E-state index in [2.05, 4.69) is 15.6 Å². The predicted octanol–water partition coefficient (Wildman–Crippen LogP) is 3.39. The van der Waals surface area contributed by atoms with Crippen molar-refractivity contribution in [2.24, 2.45) is 0 Å². The van der Waals surface area contributed by atoms with Gasteiger partial charge in [-0.15, -0.1) is 0 Å². The molecule has 1 unspecified atom stereocenters. The van der Waals surface area contributed by atoms with Gasteiger partial charge >= 0.3 is 0 Å². The van der Waals surface area contributed by atoms with Crippen molar-refractivity contribution in [3.63, 3.8) is 0 Å². The molecule has 0 aliphatic rings. The zero-order valence-corrected chi connectivity index (χ0v) is 14.8. The number of rotatable bonds is 5. The molecule has 2 heterocycles. The number of hydrogen-bond acceptors (Lipinski definition) is 3. The molecule has 27 heavy (non-hydrogen) atoms. The molecule has 1 atom stereocenters. The van der Waals surface area contributed by atoms with E-state index in [1.54, 1.807) is 24.4 Å². The maximum atomic E-state index is 13.8. The van der Waals surface area contributed by atoms with Gasteiger partial charge in [0.25, 0.3) is 11.8 Å². The van der Waals surface area contributed by atoms with Crippen LogP contribution in [-0.4, -0.2) is 27.2 Å². The molecule has 0 spiro atoms. The summed E-state index contributed by atoms with van der Waals surface area (Å²) in [5.41, 5.74) is -0.321. The maximum Gasteiger partial charge on any atom is 0.287 e. The number of fused-ring (bicyclic) bond motifs is 1. The van der Waals surface area contributed by atoms with Gasteiger partial charge in [-0.3, -0.25) is 14.0 Å². The summed E-state index contributed by atoms with van der Waals surface area (Å²) in [6, 6.07) is 8.16. The Balaban J connectivity index is 2.00. The SMILES string of the molecule is CCC(C)NC(=O)c1nc(C(=O)Nc2c(F)cccc2F)c2ccccn12. The normalized spacial score (nSPS) is 12.0. The molecule has 140 valence electrons. The predicted molar refractivity (Wildman–Crippen MR) is 96.7 cm³/mol. The van der Waals surface area contributed by atoms with E-state index in [-0.39, 0.29) is 17.6 Å². The van der Waals surface area contributed by atoms with Crippen LogP contribution in [-0.2, 0) is 0 Å². The van der Waals surface area contributed by atoms with E-state index in [1.807, 2.05) is 13.8 Å². The van der Waals surface area contributed by atoms with E-state index in [4.69, 9.17) is 0 Å². The van der Waals surface area contributed by atoms with Gasteiger partial charge in [0, 0.05) is 12.2 Å². The van der Waals surface area contributed by atoms with Crippen LogP contribution in [0, 0.1) is 11.6 Å². The first-order valence-electron chi connectivity index (χ1n) is 8.45. The zero-order valence-electron chi connectivity index (χ0n) is 14.8. The van der Waals surface area contributed by atoms with E-state index in [1.165, 1.54) is 10.5 Å². The number of nitrogens with zero attached hydrogens (tertiary/aromatic N) is 2. The van der Waals surface area contributed by atoms with Crippen LogP contribution >= 0.6 is 0 Å². The monoisotopic (exact) mass is 372 g/mol. The average Bonchev–Trinajstić information content (AvgIpc) is 3.04. The largest absolute Gasteiger partial charge is 0.347 e. The van der Waals surface area contributed by atoms with Crippen LogP contribution in [0.25, 0.3) is 5.52 Å². The van der Waals surface area contributed by atoms with Crippen molar-refractivity contribution >= 4 is 23.0 Å². The quantitative estimate of drug-likeness (QED) is 0.721. The summed E-state index contributed by atoms with van der Waals surface area (Å²) in [6.07, 6.45) is 2.32. The summed E-state index contributed by atoms with van der Waals surface area (Å²) in [5.74, 6) is -3.04. The molecule has 0 fully saturated rings. The van der Waals surface area contributed by atoms with Crippen LogP contribution in [0.2, 0.25) is 0 Å². The molecule has 3 aromatic rings. The van der Waals surface area contributed by atoms with Crippen molar-refractivity contribution in [2.75, 3.05) is 5.32 Å². The highest BCUT2D eigenvalue weighted by molar-refractivity contribution is 6.09. The molecular weight excluding hydrogens is 354 g/mol. The lowest BCUT2D eigenvalue weighted by Gasteiger charge is -2.10. The van der Waals surface area contributed by atoms with E-state index in [0.29, 0.717) is 5.52 Å². The molecule has 0 saturated carbocycles. The number of hydrogen-bond donors (Lipinski definition) is 2. The Labute approximate surface area is 154 Å². The smallest absolute Gasteiger partial charge is 0.287 e. The van der Waals surface area contributed by atoms with Gasteiger partial charge in [-0.1, -0.05) is 19.1 Å². The zero-order chi connectivity index (χ0) is 19.6. The first kappa shape index (κ1) is 18.5. The standard InChI is InChI=1S/C19H18F2N4O2/c1-3-11(2)22-19(27)17-23-16(14-9-4-5-10-25(14)17)18(26)24-15-12(20)7-6-8-13(15)21/h4-11H,3H2,1-2H3,(H,22,27)(H,24,26). The highest BCUT2D eigenvalue weighted by Gasteiger charge is 2.23. The minimum atomic E-state index is -0.901. The molecule has 3 rings (SSSR count). The fourth-order valence-electron chi connectivity index (χ4n) is 2.55. The average molecular weight is 372 g/mol. The third-order valence-electron chi connectivity index (χ3n) is 4.16. The number of imidazole rings is 1. The fourth-order valence-corrected chi connectivity index (χ4v) is 2.55. The van der Waals surface area contributed by atoms with E-state index < -0.39 is 29.1 Å². The minimum Gasteiger partial charge on any atom is -0.347 e. The maximum absolute atomic E-state index is 13.8. The van der Waals surface area contributed by atoms with Gasteiger partial charge in [0.15, 0.2) is 5.69 Å². The van der Waals surface area contributed by atoms with Gasteiger partial charge in [0.1, 0.15) is 17.3 Å². The van der Waals surface area contributed by atoms with Crippen molar-refractivity contribution < 1.29 is 18.4 Å². The number of amides is 2. The molecular formula is C19H18F2N4O2. The summed E-state index contributed by atoms with van der Waals surface area (Å²) in [4.78, 5) is 29.2. The van der Waals surface area contributed by atoms with Crippen LogP contribution in [0.3, 0.4) is 0 Å². The third kappa shape index (κ3) is 3.64. The van der Waals surface area contributed by atoms with Crippen LogP contribution in [0.5, 0.6) is 0 Å². The summed E-state index contributed by atoms with van der Waals surface area (Å²) >= 11 is 0. The van der Waals surface area contributed by atoms with Crippen LogP contribution in [0.1, 0.15) is 41.4 Å². The first-order chi connectivity index (χ1) is 12.9. The molecule has 2 amide bonds. The van der Waals surface area contributed by atoms with Gasteiger partial charge in [0.2, 0.25) is 5.82 Å². The molecule has 0 radical (unpaired) electrons. The molecule has 0 saturated heterocycles. The summed E-state index contributed by atoms with van der Waals surface area (Å²) in [7, 11) is 0. The molecule has 1 aromatic carbocycles. The molecule has 0 aliphatic carbocycles. The molecule has 0 aliphatic heterocycles. The second kappa shape index (κ2) is 7.53. The summed E-state index contributed by atoms with van der Waals surface area (Å²) in [6.45, 7) is 3.78. The highest BCUT2D eigenvalue weighted by Crippen LogP contribution is 2.20.